The van der Waals surface area contributed by atoms with E-state index in [0.717, 1.165) is 17.0 Å². The predicted octanol–water partition coefficient (Wildman–Crippen LogP) is 5.71. The Morgan fingerprint density at radius 3 is 2.61 bits per heavy atom. The molecule has 0 aliphatic rings. The van der Waals surface area contributed by atoms with E-state index in [-0.39, 0.29) is 23.2 Å². The number of nitrogens with zero attached hydrogens (tertiary/aromatic N) is 4. The Balaban J connectivity index is 1.51. The van der Waals surface area contributed by atoms with E-state index in [9.17, 15) is 9.90 Å². The summed E-state index contributed by atoms with van der Waals surface area (Å²) in [6, 6.07) is 18.1. The highest BCUT2D eigenvalue weighted by Crippen LogP contribution is 2.34. The summed E-state index contributed by atoms with van der Waals surface area (Å²) in [7, 11) is 1.45. The predicted molar refractivity (Wildman–Crippen MR) is 152 cm³/mol. The van der Waals surface area contributed by atoms with Gasteiger partial charge in [-0.3, -0.25) is 9.36 Å². The summed E-state index contributed by atoms with van der Waals surface area (Å²) in [5.74, 6) is 1.36. The molecule has 196 valence electrons. The Kier molecular flexibility index (Phi) is 9.27. The first kappa shape index (κ1) is 27.5. The van der Waals surface area contributed by atoms with Crippen LogP contribution in [0.5, 0.6) is 17.2 Å². The summed E-state index contributed by atoms with van der Waals surface area (Å²) in [6.07, 6.45) is 1.45. The quantitative estimate of drug-likeness (QED) is 0.133. The molecule has 0 aliphatic heterocycles. The van der Waals surface area contributed by atoms with E-state index in [4.69, 9.17) is 21.1 Å². The number of rotatable bonds is 10. The molecule has 0 radical (unpaired) electrons. The van der Waals surface area contributed by atoms with Crippen molar-refractivity contribution in [3.8, 4) is 34.3 Å². The first-order valence-electron chi connectivity index (χ1n) is 11.4. The van der Waals surface area contributed by atoms with Crippen molar-refractivity contribution < 1.29 is 19.4 Å². The third kappa shape index (κ3) is 6.66. The van der Waals surface area contributed by atoms with Gasteiger partial charge in [0.25, 0.3) is 5.91 Å². The van der Waals surface area contributed by atoms with Crippen molar-refractivity contribution in [2.45, 2.75) is 12.1 Å². The molecule has 38 heavy (non-hydrogen) atoms. The summed E-state index contributed by atoms with van der Waals surface area (Å²) < 4.78 is 13.0. The summed E-state index contributed by atoms with van der Waals surface area (Å²) in [4.78, 5) is 12.5. The Labute approximate surface area is 237 Å². The van der Waals surface area contributed by atoms with Gasteiger partial charge in [0.2, 0.25) is 0 Å². The number of benzene rings is 3. The fraction of sp³-hybridized carbons (Fsp3) is 0.154. The lowest BCUT2D eigenvalue weighted by molar-refractivity contribution is -0.118. The zero-order valence-electron chi connectivity index (χ0n) is 20.4. The monoisotopic (exact) mass is 615 g/mol. The topological polar surface area (TPSA) is 111 Å². The summed E-state index contributed by atoms with van der Waals surface area (Å²) in [5, 5.41) is 23.8. The van der Waals surface area contributed by atoms with Crippen LogP contribution in [0.25, 0.3) is 17.1 Å². The van der Waals surface area contributed by atoms with E-state index in [1.807, 2.05) is 47.9 Å². The molecule has 0 spiro atoms. The van der Waals surface area contributed by atoms with Crippen LogP contribution in [0.2, 0.25) is 5.02 Å². The lowest BCUT2D eigenvalue weighted by atomic mass is 10.2. The molecule has 1 amide bonds. The second kappa shape index (κ2) is 12.8. The van der Waals surface area contributed by atoms with Crippen LogP contribution < -0.4 is 14.9 Å². The number of aromatic nitrogens is 3. The molecular weight excluding hydrogens is 594 g/mol. The summed E-state index contributed by atoms with van der Waals surface area (Å²) >= 11 is 10.6. The molecule has 9 nitrogen and oxygen atoms in total. The van der Waals surface area contributed by atoms with E-state index < -0.39 is 0 Å². The molecule has 0 saturated heterocycles. The molecule has 0 fully saturated rings. The van der Waals surface area contributed by atoms with Gasteiger partial charge in [-0.05, 0) is 89.1 Å². The van der Waals surface area contributed by atoms with Crippen molar-refractivity contribution in [3.05, 3.63) is 75.7 Å². The summed E-state index contributed by atoms with van der Waals surface area (Å²) in [5.41, 5.74) is 4.77. The largest absolute Gasteiger partial charge is 0.503 e. The van der Waals surface area contributed by atoms with Crippen LogP contribution in [0.15, 0.2) is 75.4 Å². The van der Waals surface area contributed by atoms with Gasteiger partial charge in [0.1, 0.15) is 5.75 Å². The smallest absolute Gasteiger partial charge is 0.250 e. The minimum atomic E-state index is -0.328. The number of hydrogen-bond donors (Lipinski definition) is 2. The third-order valence-corrected chi connectivity index (χ3v) is 6.93. The number of aromatic hydroxyl groups is 1. The van der Waals surface area contributed by atoms with Crippen molar-refractivity contribution >= 4 is 51.4 Å². The number of carbonyl (C=O) groups is 1. The van der Waals surface area contributed by atoms with Gasteiger partial charge in [0, 0.05) is 16.3 Å². The highest BCUT2D eigenvalue weighted by Gasteiger charge is 2.17. The molecule has 0 atom stereocenters. The molecule has 12 heteroatoms. The van der Waals surface area contributed by atoms with Crippen molar-refractivity contribution in [1.29, 1.82) is 0 Å². The minimum Gasteiger partial charge on any atom is -0.503 e. The number of ether oxygens (including phenoxy) is 2. The number of methoxy groups -OCH3 is 1. The number of amides is 1. The van der Waals surface area contributed by atoms with Crippen LogP contribution in [0.4, 0.5) is 0 Å². The number of phenolic OH excluding ortho intramolecular Hbond substituents is 1. The van der Waals surface area contributed by atoms with E-state index in [1.54, 1.807) is 24.3 Å². The number of thioether (sulfide) groups is 1. The van der Waals surface area contributed by atoms with Crippen LogP contribution >= 0.6 is 39.3 Å². The Bertz CT molecular complexity index is 1450. The van der Waals surface area contributed by atoms with E-state index in [2.05, 4.69) is 36.7 Å². The third-order valence-electron chi connectivity index (χ3n) is 5.15. The number of hydrogen-bond acceptors (Lipinski definition) is 8. The van der Waals surface area contributed by atoms with Gasteiger partial charge in [-0.15, -0.1) is 10.2 Å². The van der Waals surface area contributed by atoms with Crippen molar-refractivity contribution in [2.24, 2.45) is 5.10 Å². The van der Waals surface area contributed by atoms with E-state index in [1.165, 1.54) is 25.1 Å². The molecule has 1 heterocycles. The van der Waals surface area contributed by atoms with Crippen molar-refractivity contribution in [3.63, 3.8) is 0 Å². The number of halogens is 2. The highest BCUT2D eigenvalue weighted by molar-refractivity contribution is 9.10. The molecule has 2 N–H and O–H groups in total. The molecule has 3 aromatic carbocycles. The van der Waals surface area contributed by atoms with Crippen molar-refractivity contribution in [2.75, 3.05) is 19.5 Å². The zero-order chi connectivity index (χ0) is 27.1. The van der Waals surface area contributed by atoms with Crippen LogP contribution in [-0.4, -0.2) is 51.5 Å². The molecule has 0 bridgehead atoms. The first-order valence-corrected chi connectivity index (χ1v) is 13.5. The number of carbonyl (C=O) groups excluding carboxylic acids is 1. The minimum absolute atomic E-state index is 0.0142. The molecule has 0 aliphatic carbocycles. The molecule has 4 rings (SSSR count). The lowest BCUT2D eigenvalue weighted by Gasteiger charge is -2.11. The van der Waals surface area contributed by atoms with Gasteiger partial charge >= 0.3 is 0 Å². The molecule has 4 aromatic rings. The molecule has 0 unspecified atom stereocenters. The fourth-order valence-electron chi connectivity index (χ4n) is 3.41. The number of nitrogens with one attached hydrogen (secondary N) is 1. The Hall–Kier alpha value is -3.54. The average Bonchev–Trinajstić information content (AvgIpc) is 3.34. The standard InChI is InChI=1S/C26H23BrClN5O4S/c1-3-37-20-10-8-19(9-11-20)33-25(17-4-6-18(28)7-5-17)31-32-26(33)38-15-23(34)30-29-14-16-12-21(27)24(35)22(13-16)36-2/h4-14,35H,3,15H2,1-2H3,(H,30,34)/b29-14-. The second-order valence-corrected chi connectivity index (χ2v) is 9.94. The van der Waals surface area contributed by atoms with Crippen LogP contribution in [0, 0.1) is 0 Å². The normalized spacial score (nSPS) is 11.1. The van der Waals surface area contributed by atoms with Crippen LogP contribution in [0.1, 0.15) is 12.5 Å². The fourth-order valence-corrected chi connectivity index (χ4v) is 4.74. The highest BCUT2D eigenvalue weighted by atomic mass is 79.9. The van der Waals surface area contributed by atoms with Gasteiger partial charge in [-0.1, -0.05) is 23.4 Å². The second-order valence-electron chi connectivity index (χ2n) is 7.71. The van der Waals surface area contributed by atoms with Gasteiger partial charge in [0.05, 0.1) is 30.2 Å². The Morgan fingerprint density at radius 2 is 1.92 bits per heavy atom. The Morgan fingerprint density at radius 1 is 1.18 bits per heavy atom. The maximum Gasteiger partial charge on any atom is 0.250 e. The molecular formula is C26H23BrClN5O4S. The van der Waals surface area contributed by atoms with E-state index in [0.29, 0.717) is 32.6 Å². The van der Waals surface area contributed by atoms with Crippen LogP contribution in [-0.2, 0) is 4.79 Å². The van der Waals surface area contributed by atoms with Crippen LogP contribution in [0.3, 0.4) is 0 Å². The van der Waals surface area contributed by atoms with E-state index >= 15 is 0 Å². The molecule has 0 saturated carbocycles. The maximum absolute atomic E-state index is 12.5. The lowest BCUT2D eigenvalue weighted by Crippen LogP contribution is -2.20. The van der Waals surface area contributed by atoms with Gasteiger partial charge in [-0.25, -0.2) is 5.43 Å². The average molecular weight is 617 g/mol. The number of phenols is 1. The number of hydrazone groups is 1. The SMILES string of the molecule is CCOc1ccc(-n2c(SCC(=O)N/N=C\c3cc(Br)c(O)c(OC)c3)nnc2-c2ccc(Cl)cc2)cc1. The summed E-state index contributed by atoms with van der Waals surface area (Å²) in [6.45, 7) is 2.49. The van der Waals surface area contributed by atoms with Gasteiger partial charge in [-0.2, -0.15) is 5.10 Å². The van der Waals surface area contributed by atoms with Gasteiger partial charge in [0.15, 0.2) is 22.5 Å². The maximum atomic E-state index is 12.5. The van der Waals surface area contributed by atoms with Gasteiger partial charge < -0.3 is 14.6 Å². The van der Waals surface area contributed by atoms with Crippen molar-refractivity contribution in [1.82, 2.24) is 20.2 Å². The molecule has 1 aromatic heterocycles. The zero-order valence-corrected chi connectivity index (χ0v) is 23.5. The first-order chi connectivity index (χ1) is 18.4.